The zero-order valence-corrected chi connectivity index (χ0v) is 13.0. The second-order valence-corrected chi connectivity index (χ2v) is 4.91. The second kappa shape index (κ2) is 6.76. The van der Waals surface area contributed by atoms with Crippen LogP contribution in [-0.2, 0) is 6.18 Å². The molecule has 0 unspecified atom stereocenters. The average molecular weight is 347 g/mol. The van der Waals surface area contributed by atoms with Crippen molar-refractivity contribution in [2.75, 3.05) is 7.11 Å². The minimum atomic E-state index is -4.50. The fourth-order valence-electron chi connectivity index (χ4n) is 2.16. The van der Waals surface area contributed by atoms with Gasteiger partial charge in [0.25, 0.3) is 0 Å². The number of ether oxygens (including phenoxy) is 2. The van der Waals surface area contributed by atoms with Gasteiger partial charge in [0.2, 0.25) is 5.88 Å². The predicted molar refractivity (Wildman–Crippen MR) is 83.3 cm³/mol. The summed E-state index contributed by atoms with van der Waals surface area (Å²) in [6.45, 7) is 0. The highest BCUT2D eigenvalue weighted by molar-refractivity contribution is 5.74. The van der Waals surface area contributed by atoms with Crippen molar-refractivity contribution in [2.45, 2.75) is 6.18 Å². The molecule has 0 amide bonds. The molecule has 0 aliphatic carbocycles. The van der Waals surface area contributed by atoms with Crippen molar-refractivity contribution < 1.29 is 22.6 Å². The summed E-state index contributed by atoms with van der Waals surface area (Å²) >= 11 is 0. The van der Waals surface area contributed by atoms with E-state index in [1.165, 1.54) is 19.4 Å². The van der Waals surface area contributed by atoms with Crippen LogP contribution >= 0.6 is 0 Å². The Hall–Kier alpha value is -3.16. The maximum absolute atomic E-state index is 12.6. The molecule has 0 saturated heterocycles. The Kier molecular flexibility index (Phi) is 4.51. The summed E-state index contributed by atoms with van der Waals surface area (Å²) in [5, 5.41) is 0. The smallest absolute Gasteiger partial charge is 0.433 e. The lowest BCUT2D eigenvalue weighted by Crippen LogP contribution is -2.07. The summed E-state index contributed by atoms with van der Waals surface area (Å²) < 4.78 is 48.6. The van der Waals surface area contributed by atoms with E-state index in [4.69, 9.17) is 9.47 Å². The van der Waals surface area contributed by atoms with Crippen LogP contribution in [0, 0.1) is 0 Å². The molecule has 0 N–H and O–H groups in total. The zero-order valence-electron chi connectivity index (χ0n) is 13.0. The van der Waals surface area contributed by atoms with Crippen molar-refractivity contribution in [3.63, 3.8) is 0 Å². The van der Waals surface area contributed by atoms with Crippen molar-refractivity contribution >= 4 is 0 Å². The fraction of sp³-hybridized carbons (Fsp3) is 0.118. The molecule has 0 aliphatic heterocycles. The molecule has 3 rings (SSSR count). The van der Waals surface area contributed by atoms with Crippen LogP contribution in [0.2, 0.25) is 0 Å². The largest absolute Gasteiger partial charge is 0.494 e. The van der Waals surface area contributed by atoms with Crippen LogP contribution in [0.4, 0.5) is 13.2 Å². The van der Waals surface area contributed by atoms with Crippen molar-refractivity contribution in [1.82, 2.24) is 15.0 Å². The topological polar surface area (TPSA) is 57.1 Å². The van der Waals surface area contributed by atoms with E-state index in [0.717, 1.165) is 12.3 Å². The van der Waals surface area contributed by atoms with Crippen molar-refractivity contribution in [2.24, 2.45) is 0 Å². The van der Waals surface area contributed by atoms with E-state index >= 15 is 0 Å². The third-order valence-corrected chi connectivity index (χ3v) is 3.31. The quantitative estimate of drug-likeness (QED) is 0.702. The monoisotopic (exact) mass is 347 g/mol. The van der Waals surface area contributed by atoms with Crippen LogP contribution < -0.4 is 9.47 Å². The molecule has 0 saturated carbocycles. The number of pyridine rings is 3. The molecule has 0 radical (unpaired) electrons. The van der Waals surface area contributed by atoms with Gasteiger partial charge in [-0.1, -0.05) is 0 Å². The molecule has 0 fully saturated rings. The van der Waals surface area contributed by atoms with E-state index in [2.05, 4.69) is 15.0 Å². The fourth-order valence-corrected chi connectivity index (χ4v) is 2.16. The number of methoxy groups -OCH3 is 1. The van der Waals surface area contributed by atoms with Crippen molar-refractivity contribution in [1.29, 1.82) is 0 Å². The SMILES string of the molecule is COc1cnccc1-c1cccnc1Oc1ccc(C(F)(F)F)nc1. The molecule has 5 nitrogen and oxygen atoms in total. The number of alkyl halides is 3. The normalized spacial score (nSPS) is 11.2. The number of halogens is 3. The highest BCUT2D eigenvalue weighted by Gasteiger charge is 2.32. The predicted octanol–water partition coefficient (Wildman–Crippen LogP) is 4.36. The van der Waals surface area contributed by atoms with Crippen molar-refractivity contribution in [3.8, 4) is 28.5 Å². The molecular formula is C17H12F3N3O2. The van der Waals surface area contributed by atoms with Crippen LogP contribution in [0.25, 0.3) is 11.1 Å². The molecule has 3 aromatic rings. The number of nitrogens with zero attached hydrogens (tertiary/aromatic N) is 3. The van der Waals surface area contributed by atoms with Gasteiger partial charge in [-0.25, -0.2) is 9.97 Å². The van der Waals surface area contributed by atoms with Crippen LogP contribution in [0.3, 0.4) is 0 Å². The first-order chi connectivity index (χ1) is 12.0. The van der Waals surface area contributed by atoms with Crippen LogP contribution in [0.5, 0.6) is 17.4 Å². The lowest BCUT2D eigenvalue weighted by molar-refractivity contribution is -0.141. The van der Waals surface area contributed by atoms with Crippen LogP contribution in [0.15, 0.2) is 55.1 Å². The van der Waals surface area contributed by atoms with Gasteiger partial charge in [-0.2, -0.15) is 13.2 Å². The highest BCUT2D eigenvalue weighted by Crippen LogP contribution is 2.36. The highest BCUT2D eigenvalue weighted by atomic mass is 19.4. The van der Waals surface area contributed by atoms with Crippen molar-refractivity contribution in [3.05, 3.63) is 60.8 Å². The van der Waals surface area contributed by atoms with Crippen LogP contribution in [0.1, 0.15) is 5.69 Å². The Bertz CT molecular complexity index is 868. The van der Waals surface area contributed by atoms with Gasteiger partial charge in [0.05, 0.1) is 19.5 Å². The molecule has 0 aromatic carbocycles. The first-order valence-corrected chi connectivity index (χ1v) is 7.13. The molecule has 0 bridgehead atoms. The first-order valence-electron chi connectivity index (χ1n) is 7.13. The van der Waals surface area contributed by atoms with Gasteiger partial charge < -0.3 is 9.47 Å². The Balaban J connectivity index is 1.94. The molecule has 128 valence electrons. The summed E-state index contributed by atoms with van der Waals surface area (Å²) in [6, 6.07) is 7.25. The number of rotatable bonds is 4. The molecule has 0 atom stereocenters. The summed E-state index contributed by atoms with van der Waals surface area (Å²) in [4.78, 5) is 11.5. The van der Waals surface area contributed by atoms with Gasteiger partial charge in [0.15, 0.2) is 0 Å². The van der Waals surface area contributed by atoms with Gasteiger partial charge in [-0.15, -0.1) is 0 Å². The number of aromatic nitrogens is 3. The third-order valence-electron chi connectivity index (χ3n) is 3.31. The molecule has 8 heteroatoms. The molecular weight excluding hydrogens is 335 g/mol. The van der Waals surface area contributed by atoms with Gasteiger partial charge in [0.1, 0.15) is 17.2 Å². The lowest BCUT2D eigenvalue weighted by atomic mass is 10.1. The van der Waals surface area contributed by atoms with E-state index < -0.39 is 11.9 Å². The average Bonchev–Trinajstić information content (AvgIpc) is 2.62. The third kappa shape index (κ3) is 3.68. The zero-order chi connectivity index (χ0) is 17.9. The Morgan fingerprint density at radius 2 is 1.76 bits per heavy atom. The van der Waals surface area contributed by atoms with E-state index in [0.29, 0.717) is 16.9 Å². The summed E-state index contributed by atoms with van der Waals surface area (Å²) in [7, 11) is 1.51. The summed E-state index contributed by atoms with van der Waals surface area (Å²) in [6.07, 6.45) is 1.16. The van der Waals surface area contributed by atoms with Gasteiger partial charge in [0, 0.05) is 23.5 Å². The van der Waals surface area contributed by atoms with Gasteiger partial charge in [-0.05, 0) is 30.3 Å². The van der Waals surface area contributed by atoms with E-state index in [1.807, 2.05) is 0 Å². The number of hydrogen-bond donors (Lipinski definition) is 0. The number of hydrogen-bond acceptors (Lipinski definition) is 5. The maximum atomic E-state index is 12.6. The lowest BCUT2D eigenvalue weighted by Gasteiger charge is -2.12. The van der Waals surface area contributed by atoms with E-state index in [9.17, 15) is 13.2 Å². The summed E-state index contributed by atoms with van der Waals surface area (Å²) in [5.41, 5.74) is 0.319. The minimum Gasteiger partial charge on any atom is -0.494 e. The molecule has 25 heavy (non-hydrogen) atoms. The minimum absolute atomic E-state index is 0.140. The maximum Gasteiger partial charge on any atom is 0.433 e. The van der Waals surface area contributed by atoms with Gasteiger partial charge in [-0.3, -0.25) is 4.98 Å². The molecule has 0 aliphatic rings. The van der Waals surface area contributed by atoms with E-state index in [1.54, 1.807) is 30.6 Å². The van der Waals surface area contributed by atoms with Crippen LogP contribution in [-0.4, -0.2) is 22.1 Å². The van der Waals surface area contributed by atoms with E-state index in [-0.39, 0.29) is 11.6 Å². The molecule has 0 spiro atoms. The van der Waals surface area contributed by atoms with Gasteiger partial charge >= 0.3 is 6.18 Å². The molecule has 3 aromatic heterocycles. The standard InChI is InChI=1S/C17H12F3N3O2/c1-24-14-10-21-8-6-12(14)13-3-2-7-22-16(13)25-11-4-5-15(23-9-11)17(18,19)20/h2-10H,1H3. The Labute approximate surface area is 141 Å². The summed E-state index contributed by atoms with van der Waals surface area (Å²) in [5.74, 6) is 0.875. The second-order valence-electron chi connectivity index (χ2n) is 4.91. The molecule has 3 heterocycles. The Morgan fingerprint density at radius 1 is 0.920 bits per heavy atom. The first kappa shape index (κ1) is 16.7. The Morgan fingerprint density at radius 3 is 2.44 bits per heavy atom.